The van der Waals surface area contributed by atoms with Crippen molar-refractivity contribution in [1.82, 2.24) is 4.90 Å². The highest BCUT2D eigenvalue weighted by Gasteiger charge is 2.20. The number of ether oxygens (including phenoxy) is 1. The van der Waals surface area contributed by atoms with Crippen LogP contribution in [0.15, 0.2) is 18.2 Å². The minimum atomic E-state index is -0.171. The van der Waals surface area contributed by atoms with E-state index in [0.29, 0.717) is 5.69 Å². The number of hydrogen-bond donors (Lipinski definition) is 2. The van der Waals surface area contributed by atoms with Crippen molar-refractivity contribution in [3.05, 3.63) is 23.8 Å². The van der Waals surface area contributed by atoms with Crippen molar-refractivity contribution in [2.24, 2.45) is 0 Å². The summed E-state index contributed by atoms with van der Waals surface area (Å²) in [6.45, 7) is 2.55. The molecular weight excluding hydrogens is 204 g/mol. The summed E-state index contributed by atoms with van der Waals surface area (Å²) >= 11 is 0. The van der Waals surface area contributed by atoms with Crippen LogP contribution in [0.25, 0.3) is 0 Å². The lowest BCUT2D eigenvalue weighted by Gasteiger charge is -2.15. The highest BCUT2D eigenvalue weighted by Crippen LogP contribution is 2.23. The first-order valence-corrected chi connectivity index (χ1v) is 5.52. The van der Waals surface area contributed by atoms with Gasteiger partial charge in [-0.25, -0.2) is 0 Å². The molecule has 0 radical (unpaired) electrons. The summed E-state index contributed by atoms with van der Waals surface area (Å²) in [5, 5.41) is 9.44. The van der Waals surface area contributed by atoms with Gasteiger partial charge in [-0.3, -0.25) is 4.90 Å². The van der Waals surface area contributed by atoms with Gasteiger partial charge in [-0.05, 0) is 24.1 Å². The first kappa shape index (κ1) is 11.2. The molecule has 0 amide bonds. The van der Waals surface area contributed by atoms with E-state index in [1.807, 2.05) is 18.2 Å². The normalized spacial score (nSPS) is 21.2. The smallest absolute Gasteiger partial charge is 0.142 e. The molecule has 3 N–H and O–H groups in total. The molecule has 4 heteroatoms. The fourth-order valence-corrected chi connectivity index (χ4v) is 2.07. The summed E-state index contributed by atoms with van der Waals surface area (Å²) in [5.41, 5.74) is 7.58. The van der Waals surface area contributed by atoms with Crippen molar-refractivity contribution in [1.29, 1.82) is 0 Å². The lowest BCUT2D eigenvalue weighted by Crippen LogP contribution is -2.21. The number of methoxy groups -OCH3 is 1. The minimum absolute atomic E-state index is 0.171. The Morgan fingerprint density at radius 3 is 3.00 bits per heavy atom. The van der Waals surface area contributed by atoms with Crippen LogP contribution in [0.5, 0.6) is 5.75 Å². The molecule has 0 saturated carbocycles. The van der Waals surface area contributed by atoms with Gasteiger partial charge < -0.3 is 15.6 Å². The summed E-state index contributed by atoms with van der Waals surface area (Å²) in [6, 6.07) is 5.82. The highest BCUT2D eigenvalue weighted by molar-refractivity contribution is 5.53. The third-order valence-electron chi connectivity index (χ3n) is 2.95. The molecule has 88 valence electrons. The predicted octanol–water partition coefficient (Wildman–Crippen LogP) is 0.844. The Balaban J connectivity index is 2.04. The van der Waals surface area contributed by atoms with Gasteiger partial charge in [-0.15, -0.1) is 0 Å². The third kappa shape index (κ3) is 2.46. The zero-order chi connectivity index (χ0) is 11.5. The fourth-order valence-electron chi connectivity index (χ4n) is 2.07. The molecule has 1 fully saturated rings. The maximum atomic E-state index is 9.44. The second kappa shape index (κ2) is 4.72. The zero-order valence-corrected chi connectivity index (χ0v) is 9.52. The van der Waals surface area contributed by atoms with Crippen LogP contribution in [0, 0.1) is 0 Å². The highest BCUT2D eigenvalue weighted by atomic mass is 16.5. The number of β-amino-alcohol motifs (C(OH)–C–C–N with tert-alkyl or cyclic N) is 1. The van der Waals surface area contributed by atoms with Crippen LogP contribution in [0.3, 0.4) is 0 Å². The van der Waals surface area contributed by atoms with Gasteiger partial charge in [0.2, 0.25) is 0 Å². The van der Waals surface area contributed by atoms with E-state index < -0.39 is 0 Å². The fraction of sp³-hybridized carbons (Fsp3) is 0.500. The number of nitrogen functional groups attached to an aromatic ring is 1. The summed E-state index contributed by atoms with van der Waals surface area (Å²) in [4.78, 5) is 2.23. The van der Waals surface area contributed by atoms with Crippen molar-refractivity contribution >= 4 is 5.69 Å². The third-order valence-corrected chi connectivity index (χ3v) is 2.95. The standard InChI is InChI=1S/C12H18N2O2/c1-16-12-6-9(2-3-11(12)13)7-14-5-4-10(15)8-14/h2-3,6,10,15H,4-5,7-8,13H2,1H3/t10-/m0/s1. The molecule has 1 aliphatic heterocycles. The van der Waals surface area contributed by atoms with Gasteiger partial charge in [-0.2, -0.15) is 0 Å². The van der Waals surface area contributed by atoms with E-state index in [-0.39, 0.29) is 6.10 Å². The molecule has 0 bridgehead atoms. The Morgan fingerprint density at radius 2 is 2.38 bits per heavy atom. The summed E-state index contributed by atoms with van der Waals surface area (Å²) < 4.78 is 5.18. The second-order valence-corrected chi connectivity index (χ2v) is 4.25. The number of nitrogens with two attached hydrogens (primary N) is 1. The monoisotopic (exact) mass is 222 g/mol. The van der Waals surface area contributed by atoms with Crippen LogP contribution < -0.4 is 10.5 Å². The van der Waals surface area contributed by atoms with Crippen molar-refractivity contribution in [3.8, 4) is 5.75 Å². The van der Waals surface area contributed by atoms with Gasteiger partial charge in [0.05, 0.1) is 18.9 Å². The molecule has 1 heterocycles. The van der Waals surface area contributed by atoms with Crippen molar-refractivity contribution in [2.45, 2.75) is 19.1 Å². The molecule has 1 aromatic carbocycles. The Bertz CT molecular complexity index is 368. The zero-order valence-electron chi connectivity index (χ0n) is 9.52. The molecule has 1 aliphatic rings. The number of anilines is 1. The molecule has 0 unspecified atom stereocenters. The first-order chi connectivity index (χ1) is 7.69. The summed E-state index contributed by atoms with van der Waals surface area (Å²) in [5.74, 6) is 0.720. The van der Waals surface area contributed by atoms with E-state index in [1.165, 1.54) is 5.56 Å². The van der Waals surface area contributed by atoms with E-state index in [9.17, 15) is 5.11 Å². The van der Waals surface area contributed by atoms with Gasteiger partial charge in [0.15, 0.2) is 0 Å². The minimum Gasteiger partial charge on any atom is -0.495 e. The molecule has 1 atom stereocenters. The van der Waals surface area contributed by atoms with Crippen LogP contribution in [0.2, 0.25) is 0 Å². The first-order valence-electron chi connectivity index (χ1n) is 5.52. The second-order valence-electron chi connectivity index (χ2n) is 4.25. The van der Waals surface area contributed by atoms with Gasteiger partial charge >= 0.3 is 0 Å². The largest absolute Gasteiger partial charge is 0.495 e. The van der Waals surface area contributed by atoms with Crippen LogP contribution in [0.1, 0.15) is 12.0 Å². The molecule has 4 nitrogen and oxygen atoms in total. The van der Waals surface area contributed by atoms with Crippen LogP contribution in [0.4, 0.5) is 5.69 Å². The van der Waals surface area contributed by atoms with Crippen LogP contribution in [-0.2, 0) is 6.54 Å². The number of likely N-dealkylation sites (tertiary alicyclic amines) is 1. The van der Waals surface area contributed by atoms with Gasteiger partial charge in [0, 0.05) is 19.6 Å². The van der Waals surface area contributed by atoms with Gasteiger partial charge in [0.1, 0.15) is 5.75 Å². The lowest BCUT2D eigenvalue weighted by atomic mass is 10.2. The number of rotatable bonds is 3. The Kier molecular flexibility index (Phi) is 3.31. The Labute approximate surface area is 95.6 Å². The quantitative estimate of drug-likeness (QED) is 0.744. The maximum Gasteiger partial charge on any atom is 0.142 e. The van der Waals surface area contributed by atoms with E-state index >= 15 is 0 Å². The molecule has 1 aromatic rings. The number of aliphatic hydroxyl groups is 1. The average molecular weight is 222 g/mol. The van der Waals surface area contributed by atoms with E-state index in [4.69, 9.17) is 10.5 Å². The number of aliphatic hydroxyl groups excluding tert-OH is 1. The Hall–Kier alpha value is -1.26. The Morgan fingerprint density at radius 1 is 1.56 bits per heavy atom. The van der Waals surface area contributed by atoms with Crippen molar-refractivity contribution < 1.29 is 9.84 Å². The lowest BCUT2D eigenvalue weighted by molar-refractivity contribution is 0.175. The summed E-state index contributed by atoms with van der Waals surface area (Å²) in [7, 11) is 1.62. The molecule has 16 heavy (non-hydrogen) atoms. The van der Waals surface area contributed by atoms with Crippen molar-refractivity contribution in [2.75, 3.05) is 25.9 Å². The predicted molar refractivity (Wildman–Crippen MR) is 63.3 cm³/mol. The topological polar surface area (TPSA) is 58.7 Å². The van der Waals surface area contributed by atoms with Crippen molar-refractivity contribution in [3.63, 3.8) is 0 Å². The SMILES string of the molecule is COc1cc(CN2CC[C@H](O)C2)ccc1N. The molecule has 0 aliphatic carbocycles. The van der Waals surface area contributed by atoms with E-state index in [1.54, 1.807) is 7.11 Å². The van der Waals surface area contributed by atoms with Crippen LogP contribution >= 0.6 is 0 Å². The van der Waals surface area contributed by atoms with Gasteiger partial charge in [-0.1, -0.05) is 6.07 Å². The van der Waals surface area contributed by atoms with Gasteiger partial charge in [0.25, 0.3) is 0 Å². The molecule has 1 saturated heterocycles. The summed E-state index contributed by atoms with van der Waals surface area (Å²) in [6.07, 6.45) is 0.697. The molecule has 0 spiro atoms. The average Bonchev–Trinajstić information content (AvgIpc) is 2.67. The molecule has 0 aromatic heterocycles. The number of hydrogen-bond acceptors (Lipinski definition) is 4. The van der Waals surface area contributed by atoms with E-state index in [0.717, 1.165) is 31.8 Å². The molecule has 2 rings (SSSR count). The number of nitrogens with zero attached hydrogens (tertiary/aromatic N) is 1. The van der Waals surface area contributed by atoms with Crippen LogP contribution in [-0.4, -0.2) is 36.3 Å². The number of benzene rings is 1. The molecular formula is C12H18N2O2. The van der Waals surface area contributed by atoms with E-state index in [2.05, 4.69) is 4.90 Å². The maximum absolute atomic E-state index is 9.44.